The standard InChI is InChI=1S/C20H26N4O3S/c1-4-15-12(2)28-18-17(15)20(27)24(11-21-18)14-5-7-23(8-6-14)19(26)13-9-16(25)22(3)10-13/h11,13-14H,4-10H2,1-3H3. The molecule has 8 heteroatoms. The molecule has 0 radical (unpaired) electrons. The number of nitrogens with zero attached hydrogens (tertiary/aromatic N) is 4. The molecule has 2 aromatic heterocycles. The third kappa shape index (κ3) is 3.13. The highest BCUT2D eigenvalue weighted by molar-refractivity contribution is 7.18. The van der Waals surface area contributed by atoms with Gasteiger partial charge in [-0.3, -0.25) is 19.0 Å². The van der Waals surface area contributed by atoms with E-state index in [1.165, 1.54) is 0 Å². The molecule has 1 atom stereocenters. The van der Waals surface area contributed by atoms with Crippen LogP contribution in [0.1, 0.15) is 42.7 Å². The van der Waals surface area contributed by atoms with Gasteiger partial charge < -0.3 is 9.80 Å². The van der Waals surface area contributed by atoms with Crippen LogP contribution in [0.25, 0.3) is 10.2 Å². The van der Waals surface area contributed by atoms with Gasteiger partial charge in [-0.2, -0.15) is 0 Å². The number of hydrogen-bond donors (Lipinski definition) is 0. The lowest BCUT2D eigenvalue weighted by atomic mass is 10.0. The number of likely N-dealkylation sites (tertiary alicyclic amines) is 2. The van der Waals surface area contributed by atoms with Crippen LogP contribution >= 0.6 is 11.3 Å². The minimum Gasteiger partial charge on any atom is -0.345 e. The monoisotopic (exact) mass is 402 g/mol. The van der Waals surface area contributed by atoms with E-state index in [1.54, 1.807) is 34.2 Å². The zero-order valence-electron chi connectivity index (χ0n) is 16.6. The lowest BCUT2D eigenvalue weighted by Gasteiger charge is -2.34. The largest absolute Gasteiger partial charge is 0.345 e. The Balaban J connectivity index is 1.50. The second-order valence-corrected chi connectivity index (χ2v) is 9.06. The predicted octanol–water partition coefficient (Wildman–Crippen LogP) is 1.97. The summed E-state index contributed by atoms with van der Waals surface area (Å²) in [7, 11) is 1.74. The van der Waals surface area contributed by atoms with Gasteiger partial charge in [0.1, 0.15) is 4.83 Å². The number of aromatic nitrogens is 2. The minimum atomic E-state index is -0.226. The molecule has 7 nitrogen and oxygen atoms in total. The van der Waals surface area contributed by atoms with Crippen molar-refractivity contribution in [3.8, 4) is 0 Å². The smallest absolute Gasteiger partial charge is 0.262 e. The Hall–Kier alpha value is -2.22. The van der Waals surface area contributed by atoms with Gasteiger partial charge in [0.2, 0.25) is 11.8 Å². The van der Waals surface area contributed by atoms with Crippen LogP contribution in [0.15, 0.2) is 11.1 Å². The summed E-state index contributed by atoms with van der Waals surface area (Å²) in [6.07, 6.45) is 4.29. The van der Waals surface area contributed by atoms with Crippen molar-refractivity contribution < 1.29 is 9.59 Å². The van der Waals surface area contributed by atoms with Crippen LogP contribution in [-0.4, -0.2) is 57.8 Å². The third-order valence-corrected chi connectivity index (χ3v) is 7.21. The predicted molar refractivity (Wildman–Crippen MR) is 109 cm³/mol. The molecule has 1 unspecified atom stereocenters. The van der Waals surface area contributed by atoms with Crippen molar-refractivity contribution in [2.45, 2.75) is 45.6 Å². The summed E-state index contributed by atoms with van der Waals surface area (Å²) in [6.45, 7) is 5.86. The summed E-state index contributed by atoms with van der Waals surface area (Å²) in [4.78, 5) is 47.6. The van der Waals surface area contributed by atoms with Crippen molar-refractivity contribution in [1.29, 1.82) is 0 Å². The fraction of sp³-hybridized carbons (Fsp3) is 0.600. The maximum absolute atomic E-state index is 13.1. The molecule has 0 spiro atoms. The van der Waals surface area contributed by atoms with Crippen molar-refractivity contribution in [3.05, 3.63) is 27.1 Å². The molecule has 4 rings (SSSR count). The summed E-state index contributed by atoms with van der Waals surface area (Å²) < 4.78 is 1.77. The minimum absolute atomic E-state index is 0.0388. The van der Waals surface area contributed by atoms with Crippen LogP contribution in [0.5, 0.6) is 0 Å². The summed E-state index contributed by atoms with van der Waals surface area (Å²) >= 11 is 1.58. The maximum atomic E-state index is 13.1. The number of fused-ring (bicyclic) bond motifs is 1. The average Bonchev–Trinajstić information content (AvgIpc) is 3.20. The Morgan fingerprint density at radius 2 is 2.00 bits per heavy atom. The zero-order chi connectivity index (χ0) is 20.0. The van der Waals surface area contributed by atoms with Crippen LogP contribution in [0.2, 0.25) is 0 Å². The average molecular weight is 403 g/mol. The van der Waals surface area contributed by atoms with Crippen LogP contribution in [-0.2, 0) is 16.0 Å². The first-order chi connectivity index (χ1) is 13.4. The van der Waals surface area contributed by atoms with Gasteiger partial charge in [0, 0.05) is 44.0 Å². The van der Waals surface area contributed by atoms with Gasteiger partial charge in [-0.15, -0.1) is 11.3 Å². The highest BCUT2D eigenvalue weighted by atomic mass is 32.1. The van der Waals surface area contributed by atoms with E-state index in [1.807, 2.05) is 11.8 Å². The fourth-order valence-electron chi connectivity index (χ4n) is 4.51. The van der Waals surface area contributed by atoms with Gasteiger partial charge in [0.25, 0.3) is 5.56 Å². The molecule has 4 heterocycles. The van der Waals surface area contributed by atoms with Gasteiger partial charge in [0.15, 0.2) is 0 Å². The van der Waals surface area contributed by atoms with Gasteiger partial charge >= 0.3 is 0 Å². The molecule has 2 aliphatic heterocycles. The van der Waals surface area contributed by atoms with E-state index in [0.29, 0.717) is 26.1 Å². The van der Waals surface area contributed by atoms with Gasteiger partial charge in [-0.1, -0.05) is 6.92 Å². The Kier molecular flexibility index (Phi) is 4.99. The molecule has 2 fully saturated rings. The quantitative estimate of drug-likeness (QED) is 0.787. The molecule has 0 bridgehead atoms. The highest BCUT2D eigenvalue weighted by Crippen LogP contribution is 2.29. The topological polar surface area (TPSA) is 75.5 Å². The van der Waals surface area contributed by atoms with Gasteiger partial charge in [-0.05, 0) is 31.7 Å². The number of rotatable bonds is 3. The van der Waals surface area contributed by atoms with E-state index in [4.69, 9.17) is 0 Å². The summed E-state index contributed by atoms with van der Waals surface area (Å²) in [5, 5.41) is 0.763. The van der Waals surface area contributed by atoms with E-state index in [9.17, 15) is 14.4 Å². The molecule has 0 saturated carbocycles. The number of aryl methyl sites for hydroxylation is 2. The molecule has 2 aliphatic rings. The van der Waals surface area contributed by atoms with Crippen LogP contribution in [0.4, 0.5) is 0 Å². The highest BCUT2D eigenvalue weighted by Gasteiger charge is 2.36. The molecule has 2 aromatic rings. The molecule has 150 valence electrons. The summed E-state index contributed by atoms with van der Waals surface area (Å²) in [5.41, 5.74) is 1.15. The van der Waals surface area contributed by atoms with Crippen LogP contribution < -0.4 is 5.56 Å². The second kappa shape index (κ2) is 7.31. The van der Waals surface area contributed by atoms with E-state index >= 15 is 0 Å². The summed E-state index contributed by atoms with van der Waals surface area (Å²) in [6, 6.07) is 0.0613. The molecule has 2 saturated heterocycles. The van der Waals surface area contributed by atoms with Crippen molar-refractivity contribution >= 4 is 33.4 Å². The van der Waals surface area contributed by atoms with Gasteiger partial charge in [0.05, 0.1) is 17.6 Å². The number of carbonyl (C=O) groups excluding carboxylic acids is 2. The molecule has 28 heavy (non-hydrogen) atoms. The van der Waals surface area contributed by atoms with E-state index in [-0.39, 0.29) is 29.3 Å². The molecule has 2 amide bonds. The first-order valence-corrected chi connectivity index (χ1v) is 10.7. The third-order valence-electron chi connectivity index (χ3n) is 6.15. The van der Waals surface area contributed by atoms with Crippen molar-refractivity contribution in [2.75, 3.05) is 26.7 Å². The van der Waals surface area contributed by atoms with Crippen molar-refractivity contribution in [3.63, 3.8) is 0 Å². The number of carbonyl (C=O) groups is 2. The lowest BCUT2D eigenvalue weighted by molar-refractivity contribution is -0.137. The Morgan fingerprint density at radius 3 is 2.61 bits per heavy atom. The molecular weight excluding hydrogens is 376 g/mol. The van der Waals surface area contributed by atoms with Crippen molar-refractivity contribution in [2.24, 2.45) is 5.92 Å². The Labute approximate surface area is 168 Å². The van der Waals surface area contributed by atoms with E-state index in [2.05, 4.69) is 11.9 Å². The second-order valence-electron chi connectivity index (χ2n) is 7.86. The van der Waals surface area contributed by atoms with E-state index < -0.39 is 0 Å². The van der Waals surface area contributed by atoms with Gasteiger partial charge in [-0.25, -0.2) is 4.98 Å². The first kappa shape index (κ1) is 19.1. The first-order valence-electron chi connectivity index (χ1n) is 9.92. The van der Waals surface area contributed by atoms with E-state index in [0.717, 1.165) is 39.9 Å². The van der Waals surface area contributed by atoms with Crippen molar-refractivity contribution in [1.82, 2.24) is 19.4 Å². The molecule has 0 N–H and O–H groups in total. The fourth-order valence-corrected chi connectivity index (χ4v) is 5.58. The lowest BCUT2D eigenvalue weighted by Crippen LogP contribution is -2.43. The number of piperidine rings is 1. The molecule has 0 aromatic carbocycles. The normalized spacial score (nSPS) is 21.1. The SMILES string of the molecule is CCc1c(C)sc2ncn(C3CCN(C(=O)C4CC(=O)N(C)C4)CC3)c(=O)c12. The Morgan fingerprint density at radius 1 is 1.29 bits per heavy atom. The molecule has 0 aliphatic carbocycles. The zero-order valence-corrected chi connectivity index (χ0v) is 17.4. The number of hydrogen-bond acceptors (Lipinski definition) is 5. The maximum Gasteiger partial charge on any atom is 0.262 e. The van der Waals surface area contributed by atoms with Crippen LogP contribution in [0.3, 0.4) is 0 Å². The van der Waals surface area contributed by atoms with Crippen LogP contribution in [0, 0.1) is 12.8 Å². The summed E-state index contributed by atoms with van der Waals surface area (Å²) in [5.74, 6) is -0.119. The number of amides is 2. The number of thiophene rings is 1. The Bertz CT molecular complexity index is 987. The molecular formula is C20H26N4O3S.